The van der Waals surface area contributed by atoms with Crippen molar-refractivity contribution in [3.8, 4) is 17.2 Å². The van der Waals surface area contributed by atoms with E-state index in [0.717, 1.165) is 44.4 Å². The molecule has 1 aromatic carbocycles. The number of amides is 1. The molecule has 1 N–H and O–H groups in total. The Labute approximate surface area is 239 Å². The number of piperidine rings is 1. The number of anilines is 1. The highest BCUT2D eigenvalue weighted by Crippen LogP contribution is 2.38. The summed E-state index contributed by atoms with van der Waals surface area (Å²) < 4.78 is 61.6. The number of esters is 1. The monoisotopic (exact) mass is 586 g/mol. The van der Waals surface area contributed by atoms with Gasteiger partial charge in [0.05, 0.1) is 23.8 Å². The second-order valence-electron chi connectivity index (χ2n) is 11.0. The average molecular weight is 587 g/mol. The first-order chi connectivity index (χ1) is 20.1. The van der Waals surface area contributed by atoms with E-state index in [1.165, 1.54) is 12.3 Å². The normalized spacial score (nSPS) is 20.4. The molecule has 3 aliphatic rings. The summed E-state index contributed by atoms with van der Waals surface area (Å²) in [7, 11) is 0. The Bertz CT molecular complexity index is 1520. The van der Waals surface area contributed by atoms with Crippen LogP contribution in [0.25, 0.3) is 17.2 Å². The van der Waals surface area contributed by atoms with Gasteiger partial charge in [0.1, 0.15) is 17.5 Å². The van der Waals surface area contributed by atoms with E-state index in [9.17, 15) is 27.2 Å². The molecule has 222 valence electrons. The largest absolute Gasteiger partial charge is 0.466 e. The maximum atomic E-state index is 14.1. The second kappa shape index (κ2) is 11.0. The molecule has 42 heavy (non-hydrogen) atoms. The predicted molar refractivity (Wildman–Crippen MR) is 143 cm³/mol. The fourth-order valence-corrected chi connectivity index (χ4v) is 5.77. The molecule has 13 heteroatoms. The lowest BCUT2D eigenvalue weighted by atomic mass is 10.1. The molecule has 3 aromatic rings. The Hall–Kier alpha value is -4.03. The molecule has 1 saturated heterocycles. The van der Waals surface area contributed by atoms with Crippen LogP contribution in [0.2, 0.25) is 0 Å². The summed E-state index contributed by atoms with van der Waals surface area (Å²) >= 11 is 0. The highest BCUT2D eigenvalue weighted by molar-refractivity contribution is 5.81. The predicted octanol–water partition coefficient (Wildman–Crippen LogP) is 4.58. The van der Waals surface area contributed by atoms with Crippen molar-refractivity contribution in [1.82, 2.24) is 24.4 Å². The number of aromatic nitrogens is 4. The molecular formula is C29H30F4N6O3. The van der Waals surface area contributed by atoms with E-state index in [-0.39, 0.29) is 54.7 Å². The first-order valence-corrected chi connectivity index (χ1v) is 14.1. The zero-order chi connectivity index (χ0) is 29.6. The van der Waals surface area contributed by atoms with Crippen LogP contribution in [0.4, 0.5) is 23.5 Å². The van der Waals surface area contributed by atoms with Crippen LogP contribution >= 0.6 is 0 Å². The number of nitrogens with zero attached hydrogens (tertiary/aromatic N) is 5. The van der Waals surface area contributed by atoms with Gasteiger partial charge in [-0.1, -0.05) is 0 Å². The number of carbonyl (C=O) groups is 2. The van der Waals surface area contributed by atoms with Gasteiger partial charge in [0.25, 0.3) is 0 Å². The van der Waals surface area contributed by atoms with Crippen LogP contribution in [0.5, 0.6) is 0 Å². The van der Waals surface area contributed by atoms with E-state index in [4.69, 9.17) is 4.74 Å². The van der Waals surface area contributed by atoms with E-state index >= 15 is 0 Å². The molecule has 2 fully saturated rings. The molecular weight excluding hydrogens is 556 g/mol. The molecule has 0 radical (unpaired) electrons. The first kappa shape index (κ1) is 28.1. The topological polar surface area (TPSA) is 102 Å². The maximum absolute atomic E-state index is 14.1. The van der Waals surface area contributed by atoms with Gasteiger partial charge in [-0.15, -0.1) is 0 Å². The number of fused-ring (bicyclic) bond motifs is 1. The number of nitrogens with one attached hydrogen (secondary N) is 1. The van der Waals surface area contributed by atoms with Gasteiger partial charge >= 0.3 is 12.1 Å². The third kappa shape index (κ3) is 5.56. The Morgan fingerprint density at radius 2 is 1.90 bits per heavy atom. The van der Waals surface area contributed by atoms with Crippen molar-refractivity contribution >= 4 is 17.8 Å². The number of hydrogen-bond donors (Lipinski definition) is 1. The molecule has 1 amide bonds. The Kier molecular flexibility index (Phi) is 7.36. The minimum absolute atomic E-state index is 0.0560. The summed E-state index contributed by atoms with van der Waals surface area (Å²) in [6, 6.07) is 4.29. The van der Waals surface area contributed by atoms with E-state index < -0.39 is 23.5 Å². The van der Waals surface area contributed by atoms with Gasteiger partial charge in [0.2, 0.25) is 11.9 Å². The van der Waals surface area contributed by atoms with Crippen LogP contribution in [0.1, 0.15) is 49.6 Å². The number of likely N-dealkylation sites (tertiary alicyclic amines) is 1. The van der Waals surface area contributed by atoms with Crippen molar-refractivity contribution in [2.24, 2.45) is 11.8 Å². The van der Waals surface area contributed by atoms with Crippen LogP contribution in [-0.2, 0) is 33.3 Å². The van der Waals surface area contributed by atoms with Crippen molar-refractivity contribution in [3.05, 3.63) is 53.2 Å². The average Bonchev–Trinajstić information content (AvgIpc) is 3.63. The van der Waals surface area contributed by atoms with Crippen LogP contribution in [0.15, 0.2) is 30.5 Å². The van der Waals surface area contributed by atoms with E-state index in [1.54, 1.807) is 17.6 Å². The van der Waals surface area contributed by atoms with Gasteiger partial charge in [0.15, 0.2) is 0 Å². The third-order valence-corrected chi connectivity index (χ3v) is 7.95. The van der Waals surface area contributed by atoms with Crippen molar-refractivity contribution in [2.75, 3.05) is 25.0 Å². The molecule has 1 aliphatic heterocycles. The number of benzene rings is 1. The van der Waals surface area contributed by atoms with Crippen LogP contribution in [0, 0.1) is 17.7 Å². The fraction of sp³-hybridized carbons (Fsp3) is 0.483. The number of imidazole rings is 1. The van der Waals surface area contributed by atoms with Crippen molar-refractivity contribution < 1.29 is 31.9 Å². The summed E-state index contributed by atoms with van der Waals surface area (Å²) in [6.07, 6.45) is 0.682. The van der Waals surface area contributed by atoms with Gasteiger partial charge in [0, 0.05) is 55.3 Å². The maximum Gasteiger partial charge on any atom is 0.419 e. The number of ether oxygens (including phenoxy) is 1. The van der Waals surface area contributed by atoms with E-state index in [1.807, 2.05) is 4.90 Å². The number of alkyl halides is 3. The lowest BCUT2D eigenvalue weighted by Gasteiger charge is -2.33. The van der Waals surface area contributed by atoms with Gasteiger partial charge in [-0.05, 0) is 56.9 Å². The van der Waals surface area contributed by atoms with E-state index in [0.29, 0.717) is 29.7 Å². The summed E-state index contributed by atoms with van der Waals surface area (Å²) in [4.78, 5) is 40.6. The number of carbonyl (C=O) groups excluding carboxylic acids is 2. The third-order valence-electron chi connectivity index (χ3n) is 7.95. The standard InChI is InChI=1S/C29H30F4N6O3/c1-2-42-27(41)18-13-22-23(14-18)39(25(36-22)17-7-8-21(30)20(12-17)29(31,32)33)24-9-10-34-28(37-24)35-19-4-3-11-38(15-19)26(40)16-5-6-16/h7-10,12,16,18-19H,2-6,11,13-15H2,1H3,(H,34,35,37)/t18?,19-/m1/s1. The fourth-order valence-electron chi connectivity index (χ4n) is 5.77. The van der Waals surface area contributed by atoms with Gasteiger partial charge in [-0.25, -0.2) is 14.4 Å². The summed E-state index contributed by atoms with van der Waals surface area (Å²) in [5.41, 5.74) is -0.188. The van der Waals surface area contributed by atoms with Gasteiger partial charge in [-0.2, -0.15) is 18.2 Å². The van der Waals surface area contributed by atoms with Crippen molar-refractivity contribution in [2.45, 2.75) is 57.7 Å². The van der Waals surface area contributed by atoms with E-state index in [2.05, 4.69) is 20.3 Å². The van der Waals surface area contributed by atoms with Crippen molar-refractivity contribution in [1.29, 1.82) is 0 Å². The number of halogens is 4. The second-order valence-corrected chi connectivity index (χ2v) is 11.0. The first-order valence-electron chi connectivity index (χ1n) is 14.1. The number of rotatable bonds is 7. The molecule has 2 aliphatic carbocycles. The molecule has 0 bridgehead atoms. The van der Waals surface area contributed by atoms with Crippen LogP contribution in [-0.4, -0.2) is 62.0 Å². The quantitative estimate of drug-likeness (QED) is 0.320. The summed E-state index contributed by atoms with van der Waals surface area (Å²) in [5.74, 6) is -1.15. The molecule has 0 spiro atoms. The number of hydrogen-bond acceptors (Lipinski definition) is 7. The Morgan fingerprint density at radius 3 is 2.64 bits per heavy atom. The smallest absolute Gasteiger partial charge is 0.419 e. The minimum atomic E-state index is -4.89. The van der Waals surface area contributed by atoms with Crippen LogP contribution in [0.3, 0.4) is 0 Å². The molecule has 2 atom stereocenters. The Balaban J connectivity index is 1.34. The highest BCUT2D eigenvalue weighted by Gasteiger charge is 2.38. The molecule has 1 unspecified atom stereocenters. The van der Waals surface area contributed by atoms with Gasteiger partial charge < -0.3 is 15.0 Å². The lowest BCUT2D eigenvalue weighted by Crippen LogP contribution is -2.45. The lowest BCUT2D eigenvalue weighted by molar-refractivity contribution is -0.147. The molecule has 1 saturated carbocycles. The van der Waals surface area contributed by atoms with Crippen LogP contribution < -0.4 is 5.32 Å². The minimum Gasteiger partial charge on any atom is -0.466 e. The zero-order valence-corrected chi connectivity index (χ0v) is 23.0. The Morgan fingerprint density at radius 1 is 1.10 bits per heavy atom. The zero-order valence-electron chi connectivity index (χ0n) is 23.0. The molecule has 3 heterocycles. The summed E-state index contributed by atoms with van der Waals surface area (Å²) in [5, 5.41) is 3.31. The van der Waals surface area contributed by atoms with Gasteiger partial charge in [-0.3, -0.25) is 14.2 Å². The summed E-state index contributed by atoms with van der Waals surface area (Å²) in [6.45, 7) is 3.19. The molecule has 6 rings (SSSR count). The highest BCUT2D eigenvalue weighted by atomic mass is 19.4. The molecule has 9 nitrogen and oxygen atoms in total. The SMILES string of the molecule is CCOC(=O)C1Cc2nc(-c3ccc(F)c(C(F)(F)F)c3)n(-c3ccnc(N[C@@H]4CCCN(C(=O)C5CC5)C4)n3)c2C1. The van der Waals surface area contributed by atoms with Crippen molar-refractivity contribution in [3.63, 3.8) is 0 Å². The molecule has 2 aromatic heterocycles.